The van der Waals surface area contributed by atoms with Crippen LogP contribution in [0.2, 0.25) is 0 Å². The summed E-state index contributed by atoms with van der Waals surface area (Å²) in [5.74, 6) is 1.80. The lowest BCUT2D eigenvalue weighted by Crippen LogP contribution is -2.41. The normalized spacial score (nSPS) is 21.7. The lowest BCUT2D eigenvalue weighted by Gasteiger charge is -2.35. The van der Waals surface area contributed by atoms with Crippen LogP contribution in [-0.4, -0.2) is 55.8 Å². The molecular weight excluding hydrogens is 290 g/mol. The minimum Gasteiger partial charge on any atom is -0.366 e. The molecule has 23 heavy (non-hydrogen) atoms. The molecule has 0 unspecified atom stereocenters. The summed E-state index contributed by atoms with van der Waals surface area (Å²) in [6, 6.07) is 4.35. The Bertz CT molecular complexity index is 626. The molecule has 3 heterocycles. The zero-order chi connectivity index (χ0) is 15.5. The highest BCUT2D eigenvalue weighted by atomic mass is 15.6. The van der Waals surface area contributed by atoms with Crippen molar-refractivity contribution in [2.24, 2.45) is 5.92 Å². The van der Waals surface area contributed by atoms with E-state index in [0.717, 1.165) is 11.7 Å². The van der Waals surface area contributed by atoms with Gasteiger partial charge in [-0.2, -0.15) is 0 Å². The third-order valence-corrected chi connectivity index (χ3v) is 5.25. The largest absolute Gasteiger partial charge is 0.366 e. The van der Waals surface area contributed by atoms with Gasteiger partial charge in [0.25, 0.3) is 0 Å². The fraction of sp³-hybridized carbons (Fsp3) is 0.750. The van der Waals surface area contributed by atoms with Crippen LogP contribution in [0.15, 0.2) is 12.1 Å². The number of nitrogens with one attached hydrogen (secondary N) is 1. The first-order chi connectivity index (χ1) is 11.4. The van der Waals surface area contributed by atoms with Crippen molar-refractivity contribution in [1.82, 2.24) is 30.2 Å². The standard InChI is InChI=1S/C16H25N7/c1-2-4-13(5-3-1)12-22-10-8-14(9-11-22)17-15-6-7-16-18-20-21-23(16)19-15/h6-7,13-14H,1-5,8-12H2,(H,17,19). The number of nitrogens with zero attached hydrogens (tertiary/aromatic N) is 6. The second-order valence-corrected chi connectivity index (χ2v) is 6.97. The summed E-state index contributed by atoms with van der Waals surface area (Å²) in [4.78, 5) is 2.66. The van der Waals surface area contributed by atoms with E-state index in [0.29, 0.717) is 11.7 Å². The predicted molar refractivity (Wildman–Crippen MR) is 88.2 cm³/mol. The van der Waals surface area contributed by atoms with Crippen LogP contribution in [0, 0.1) is 5.92 Å². The summed E-state index contributed by atoms with van der Waals surface area (Å²) in [5, 5.41) is 19.3. The van der Waals surface area contributed by atoms with Crippen molar-refractivity contribution in [1.29, 1.82) is 0 Å². The number of likely N-dealkylation sites (tertiary alicyclic amines) is 1. The second-order valence-electron chi connectivity index (χ2n) is 6.97. The zero-order valence-electron chi connectivity index (χ0n) is 13.6. The quantitative estimate of drug-likeness (QED) is 0.930. The number of rotatable bonds is 4. The van der Waals surface area contributed by atoms with Crippen LogP contribution < -0.4 is 5.32 Å². The summed E-state index contributed by atoms with van der Waals surface area (Å²) in [6.45, 7) is 3.70. The van der Waals surface area contributed by atoms with Crippen LogP contribution in [0.25, 0.3) is 5.65 Å². The maximum Gasteiger partial charge on any atom is 0.200 e. The zero-order valence-corrected chi connectivity index (χ0v) is 13.6. The molecule has 2 aliphatic rings. The summed E-state index contributed by atoms with van der Waals surface area (Å²) >= 11 is 0. The van der Waals surface area contributed by atoms with Gasteiger partial charge >= 0.3 is 0 Å². The van der Waals surface area contributed by atoms with E-state index >= 15 is 0 Å². The number of hydrogen-bond donors (Lipinski definition) is 1. The van der Waals surface area contributed by atoms with Crippen LogP contribution >= 0.6 is 0 Å². The van der Waals surface area contributed by atoms with Crippen molar-refractivity contribution in [2.75, 3.05) is 25.0 Å². The molecule has 124 valence electrons. The molecule has 0 aromatic carbocycles. The van der Waals surface area contributed by atoms with Gasteiger partial charge < -0.3 is 10.2 Å². The summed E-state index contributed by atoms with van der Waals surface area (Å²) in [6.07, 6.45) is 9.56. The molecule has 1 saturated heterocycles. The van der Waals surface area contributed by atoms with Crippen LogP contribution in [0.4, 0.5) is 5.82 Å². The van der Waals surface area contributed by atoms with E-state index in [1.807, 2.05) is 12.1 Å². The molecule has 1 aliphatic carbocycles. The number of anilines is 1. The smallest absolute Gasteiger partial charge is 0.200 e. The van der Waals surface area contributed by atoms with E-state index in [-0.39, 0.29) is 0 Å². The van der Waals surface area contributed by atoms with Gasteiger partial charge in [0.05, 0.1) is 0 Å². The molecule has 1 aliphatic heterocycles. The first-order valence-corrected chi connectivity index (χ1v) is 8.91. The summed E-state index contributed by atoms with van der Waals surface area (Å²) in [7, 11) is 0. The van der Waals surface area contributed by atoms with Crippen molar-refractivity contribution in [3.05, 3.63) is 12.1 Å². The minimum absolute atomic E-state index is 0.499. The number of aromatic nitrogens is 5. The predicted octanol–water partition coefficient (Wildman–Crippen LogP) is 1.98. The Kier molecular flexibility index (Phi) is 4.37. The van der Waals surface area contributed by atoms with Crippen LogP contribution in [0.3, 0.4) is 0 Å². The van der Waals surface area contributed by atoms with Gasteiger partial charge in [-0.3, -0.25) is 0 Å². The number of hydrogen-bond acceptors (Lipinski definition) is 6. The Balaban J connectivity index is 1.27. The minimum atomic E-state index is 0.499. The van der Waals surface area contributed by atoms with Crippen LogP contribution in [-0.2, 0) is 0 Å². The molecule has 0 spiro atoms. The molecule has 2 fully saturated rings. The molecular formula is C16H25N7. The fourth-order valence-electron chi connectivity index (χ4n) is 3.93. The lowest BCUT2D eigenvalue weighted by atomic mass is 9.88. The molecule has 1 saturated carbocycles. The summed E-state index contributed by atoms with van der Waals surface area (Å²) in [5.41, 5.74) is 0.679. The fourth-order valence-corrected chi connectivity index (χ4v) is 3.93. The van der Waals surface area contributed by atoms with Crippen molar-refractivity contribution in [3.8, 4) is 0 Å². The topological polar surface area (TPSA) is 71.2 Å². The van der Waals surface area contributed by atoms with Crippen LogP contribution in [0.5, 0.6) is 0 Å². The molecule has 0 atom stereocenters. The van der Waals surface area contributed by atoms with Crippen LogP contribution in [0.1, 0.15) is 44.9 Å². The first kappa shape index (κ1) is 14.8. The Labute approximate surface area is 136 Å². The Morgan fingerprint density at radius 1 is 1.04 bits per heavy atom. The average molecular weight is 315 g/mol. The average Bonchev–Trinajstić information content (AvgIpc) is 3.05. The molecule has 2 aromatic rings. The molecule has 1 N–H and O–H groups in total. The van der Waals surface area contributed by atoms with Crippen molar-refractivity contribution in [2.45, 2.75) is 51.0 Å². The maximum absolute atomic E-state index is 4.40. The lowest BCUT2D eigenvalue weighted by molar-refractivity contribution is 0.168. The molecule has 0 amide bonds. The van der Waals surface area contributed by atoms with Gasteiger partial charge in [-0.25, -0.2) is 0 Å². The molecule has 0 bridgehead atoms. The van der Waals surface area contributed by atoms with E-state index in [2.05, 4.69) is 30.8 Å². The van der Waals surface area contributed by atoms with Gasteiger partial charge in [0.1, 0.15) is 5.82 Å². The monoisotopic (exact) mass is 315 g/mol. The Morgan fingerprint density at radius 2 is 1.87 bits per heavy atom. The van der Waals surface area contributed by atoms with E-state index < -0.39 is 0 Å². The number of tetrazole rings is 1. The van der Waals surface area contributed by atoms with E-state index in [4.69, 9.17) is 0 Å². The van der Waals surface area contributed by atoms with Gasteiger partial charge in [0.15, 0.2) is 5.65 Å². The van der Waals surface area contributed by atoms with Crippen molar-refractivity contribution in [3.63, 3.8) is 0 Å². The highest BCUT2D eigenvalue weighted by molar-refractivity contribution is 5.42. The van der Waals surface area contributed by atoms with E-state index in [1.54, 1.807) is 0 Å². The highest BCUT2D eigenvalue weighted by Gasteiger charge is 2.23. The molecule has 4 rings (SSSR count). The van der Waals surface area contributed by atoms with Gasteiger partial charge in [-0.15, -0.1) is 14.8 Å². The van der Waals surface area contributed by atoms with Gasteiger partial charge in [-0.1, -0.05) is 19.3 Å². The number of fused-ring (bicyclic) bond motifs is 1. The third-order valence-electron chi connectivity index (χ3n) is 5.25. The van der Waals surface area contributed by atoms with E-state index in [9.17, 15) is 0 Å². The molecule has 2 aromatic heterocycles. The number of piperidine rings is 1. The SMILES string of the molecule is c1cc2nnnn2nc1NC1CCN(CC2CCCCC2)CC1. The van der Waals surface area contributed by atoms with Crippen molar-refractivity contribution < 1.29 is 0 Å². The maximum atomic E-state index is 4.40. The molecule has 0 radical (unpaired) electrons. The van der Waals surface area contributed by atoms with Gasteiger partial charge in [0, 0.05) is 25.7 Å². The first-order valence-electron chi connectivity index (χ1n) is 8.91. The van der Waals surface area contributed by atoms with Gasteiger partial charge in [0.2, 0.25) is 0 Å². The van der Waals surface area contributed by atoms with Gasteiger partial charge in [-0.05, 0) is 54.2 Å². The third kappa shape index (κ3) is 3.60. The molecule has 7 nitrogen and oxygen atoms in total. The second kappa shape index (κ2) is 6.78. The van der Waals surface area contributed by atoms with E-state index in [1.165, 1.54) is 69.2 Å². The summed E-state index contributed by atoms with van der Waals surface area (Å²) < 4.78 is 1.47. The highest BCUT2D eigenvalue weighted by Crippen LogP contribution is 2.25. The molecule has 7 heteroatoms. The Hall–Kier alpha value is -1.76. The Morgan fingerprint density at radius 3 is 2.70 bits per heavy atom. The van der Waals surface area contributed by atoms with Crippen molar-refractivity contribution >= 4 is 11.5 Å².